The van der Waals surface area contributed by atoms with Crippen molar-refractivity contribution in [3.8, 4) is 5.75 Å². The van der Waals surface area contributed by atoms with Crippen molar-refractivity contribution in [2.24, 2.45) is 7.05 Å². The highest BCUT2D eigenvalue weighted by Gasteiger charge is 2.12. The third-order valence-corrected chi connectivity index (χ3v) is 4.03. The molecule has 0 saturated heterocycles. The monoisotopic (exact) mass is 337 g/mol. The molecule has 25 heavy (non-hydrogen) atoms. The molecule has 0 aliphatic heterocycles. The number of nitrogens with zero attached hydrogens (tertiary/aromatic N) is 2. The van der Waals surface area contributed by atoms with Gasteiger partial charge >= 0.3 is 0 Å². The van der Waals surface area contributed by atoms with Crippen molar-refractivity contribution in [3.63, 3.8) is 0 Å². The van der Waals surface area contributed by atoms with E-state index in [1.54, 1.807) is 31.3 Å². The van der Waals surface area contributed by atoms with Crippen molar-refractivity contribution in [1.29, 1.82) is 0 Å². The van der Waals surface area contributed by atoms with Crippen molar-refractivity contribution in [2.75, 3.05) is 6.54 Å². The molecule has 1 heterocycles. The highest BCUT2D eigenvalue weighted by Crippen LogP contribution is 2.13. The SMILES string of the molecule is Cn1nc(CC(=O)NCCc2ccc(O)cc2)c2ccccc2c1=O. The predicted molar refractivity (Wildman–Crippen MR) is 95.5 cm³/mol. The van der Waals surface area contributed by atoms with E-state index in [1.165, 1.54) is 4.68 Å². The van der Waals surface area contributed by atoms with E-state index in [-0.39, 0.29) is 23.6 Å². The number of carbonyl (C=O) groups is 1. The Bertz CT molecular complexity index is 962. The zero-order valence-corrected chi connectivity index (χ0v) is 13.9. The smallest absolute Gasteiger partial charge is 0.274 e. The second-order valence-corrected chi connectivity index (χ2v) is 5.86. The van der Waals surface area contributed by atoms with E-state index in [0.29, 0.717) is 29.4 Å². The van der Waals surface area contributed by atoms with Gasteiger partial charge < -0.3 is 10.4 Å². The first kappa shape index (κ1) is 16.7. The first-order chi connectivity index (χ1) is 12.0. The predicted octanol–water partition coefficient (Wildman–Crippen LogP) is 1.54. The number of rotatable bonds is 5. The molecule has 0 saturated carbocycles. The summed E-state index contributed by atoms with van der Waals surface area (Å²) in [5.41, 5.74) is 1.44. The minimum absolute atomic E-state index is 0.115. The quantitative estimate of drug-likeness (QED) is 0.740. The molecule has 2 aromatic carbocycles. The summed E-state index contributed by atoms with van der Waals surface area (Å²) in [6, 6.07) is 14.1. The first-order valence-corrected chi connectivity index (χ1v) is 8.04. The minimum atomic E-state index is -0.174. The van der Waals surface area contributed by atoms with Crippen LogP contribution in [-0.4, -0.2) is 27.3 Å². The maximum Gasteiger partial charge on any atom is 0.274 e. The number of amides is 1. The van der Waals surface area contributed by atoms with Crippen LogP contribution >= 0.6 is 0 Å². The number of phenols is 1. The number of hydrogen-bond acceptors (Lipinski definition) is 4. The number of carbonyl (C=O) groups excluding carboxylic acids is 1. The molecular formula is C19H19N3O3. The Morgan fingerprint density at radius 1 is 1.12 bits per heavy atom. The van der Waals surface area contributed by atoms with Gasteiger partial charge in [0.2, 0.25) is 5.91 Å². The average molecular weight is 337 g/mol. The normalized spacial score (nSPS) is 10.8. The Morgan fingerprint density at radius 3 is 2.52 bits per heavy atom. The van der Waals surface area contributed by atoms with Crippen LogP contribution in [0.15, 0.2) is 53.3 Å². The molecule has 3 aromatic rings. The van der Waals surface area contributed by atoms with E-state index in [1.807, 2.05) is 24.3 Å². The van der Waals surface area contributed by atoms with Crippen LogP contribution in [0.2, 0.25) is 0 Å². The van der Waals surface area contributed by atoms with Gasteiger partial charge in [-0.3, -0.25) is 9.59 Å². The van der Waals surface area contributed by atoms with Gasteiger partial charge in [0.15, 0.2) is 0 Å². The lowest BCUT2D eigenvalue weighted by atomic mass is 10.1. The Hall–Kier alpha value is -3.15. The topological polar surface area (TPSA) is 84.2 Å². The lowest BCUT2D eigenvalue weighted by molar-refractivity contribution is -0.120. The van der Waals surface area contributed by atoms with Crippen molar-refractivity contribution >= 4 is 16.7 Å². The second-order valence-electron chi connectivity index (χ2n) is 5.86. The lowest BCUT2D eigenvalue weighted by Crippen LogP contribution is -2.29. The zero-order valence-electron chi connectivity index (χ0n) is 13.9. The van der Waals surface area contributed by atoms with Gasteiger partial charge in [-0.15, -0.1) is 0 Å². The van der Waals surface area contributed by atoms with Crippen LogP contribution in [0.3, 0.4) is 0 Å². The largest absolute Gasteiger partial charge is 0.508 e. The van der Waals surface area contributed by atoms with Crippen molar-refractivity contribution in [2.45, 2.75) is 12.8 Å². The zero-order chi connectivity index (χ0) is 17.8. The third-order valence-electron chi connectivity index (χ3n) is 4.03. The molecule has 0 aliphatic rings. The molecule has 2 N–H and O–H groups in total. The van der Waals surface area contributed by atoms with Gasteiger partial charge in [0.25, 0.3) is 5.56 Å². The van der Waals surface area contributed by atoms with Gasteiger partial charge in [-0.1, -0.05) is 30.3 Å². The molecule has 128 valence electrons. The third kappa shape index (κ3) is 3.85. The van der Waals surface area contributed by atoms with E-state index in [9.17, 15) is 14.7 Å². The fourth-order valence-corrected chi connectivity index (χ4v) is 2.73. The van der Waals surface area contributed by atoms with Crippen molar-refractivity contribution in [3.05, 3.63) is 70.1 Å². The highest BCUT2D eigenvalue weighted by molar-refractivity contribution is 5.88. The molecule has 0 atom stereocenters. The lowest BCUT2D eigenvalue weighted by Gasteiger charge is -2.09. The van der Waals surface area contributed by atoms with Gasteiger partial charge in [0, 0.05) is 19.0 Å². The van der Waals surface area contributed by atoms with Gasteiger partial charge in [-0.25, -0.2) is 4.68 Å². The van der Waals surface area contributed by atoms with Crippen LogP contribution in [-0.2, 0) is 24.7 Å². The molecule has 3 rings (SSSR count). The van der Waals surface area contributed by atoms with Gasteiger partial charge in [0.1, 0.15) is 5.75 Å². The number of fused-ring (bicyclic) bond motifs is 1. The molecule has 0 spiro atoms. The number of phenolic OH excluding ortho intramolecular Hbond substituents is 1. The summed E-state index contributed by atoms with van der Waals surface area (Å²) >= 11 is 0. The Balaban J connectivity index is 1.67. The van der Waals surface area contributed by atoms with Crippen molar-refractivity contribution in [1.82, 2.24) is 15.1 Å². The maximum atomic E-state index is 12.2. The molecule has 1 aromatic heterocycles. The summed E-state index contributed by atoms with van der Waals surface area (Å²) in [6.07, 6.45) is 0.789. The molecule has 1 amide bonds. The molecule has 0 bridgehead atoms. The Morgan fingerprint density at radius 2 is 1.80 bits per heavy atom. The molecule has 0 aliphatic carbocycles. The van der Waals surface area contributed by atoms with Gasteiger partial charge in [-0.05, 0) is 30.2 Å². The first-order valence-electron chi connectivity index (χ1n) is 8.04. The van der Waals surface area contributed by atoms with E-state index in [4.69, 9.17) is 0 Å². The maximum absolute atomic E-state index is 12.2. The van der Waals surface area contributed by atoms with Crippen LogP contribution in [0.1, 0.15) is 11.3 Å². The van der Waals surface area contributed by atoms with Crippen LogP contribution in [0.5, 0.6) is 5.75 Å². The second kappa shape index (κ2) is 7.17. The number of benzene rings is 2. The van der Waals surface area contributed by atoms with Crippen LogP contribution in [0, 0.1) is 0 Å². The number of aromatic nitrogens is 2. The highest BCUT2D eigenvalue weighted by atomic mass is 16.3. The number of aryl methyl sites for hydroxylation is 1. The van der Waals surface area contributed by atoms with E-state index in [2.05, 4.69) is 10.4 Å². The molecule has 0 radical (unpaired) electrons. The van der Waals surface area contributed by atoms with Crippen LogP contribution in [0.25, 0.3) is 10.8 Å². The molecule has 6 nitrogen and oxygen atoms in total. The summed E-state index contributed by atoms with van der Waals surface area (Å²) in [7, 11) is 1.58. The number of aromatic hydroxyl groups is 1. The number of hydrogen-bond donors (Lipinski definition) is 2. The van der Waals surface area contributed by atoms with E-state index >= 15 is 0 Å². The van der Waals surface area contributed by atoms with Gasteiger partial charge in [0.05, 0.1) is 17.5 Å². The molecule has 0 fully saturated rings. The Kier molecular flexibility index (Phi) is 4.79. The van der Waals surface area contributed by atoms with E-state index < -0.39 is 0 Å². The molecule has 6 heteroatoms. The molecular weight excluding hydrogens is 318 g/mol. The minimum Gasteiger partial charge on any atom is -0.508 e. The van der Waals surface area contributed by atoms with E-state index in [0.717, 1.165) is 5.56 Å². The van der Waals surface area contributed by atoms with Crippen LogP contribution < -0.4 is 10.9 Å². The summed E-state index contributed by atoms with van der Waals surface area (Å²) in [4.78, 5) is 24.3. The summed E-state index contributed by atoms with van der Waals surface area (Å²) in [6.45, 7) is 0.493. The fourth-order valence-electron chi connectivity index (χ4n) is 2.73. The number of nitrogens with one attached hydrogen (secondary N) is 1. The average Bonchev–Trinajstić information content (AvgIpc) is 2.61. The summed E-state index contributed by atoms with van der Waals surface area (Å²) in [5.74, 6) is 0.0792. The van der Waals surface area contributed by atoms with Crippen LogP contribution in [0.4, 0.5) is 0 Å². The standard InChI is InChI=1S/C19H19N3O3/c1-22-19(25)16-5-3-2-4-15(16)17(21-22)12-18(24)20-11-10-13-6-8-14(23)9-7-13/h2-9,23H,10-12H2,1H3,(H,20,24). The summed E-state index contributed by atoms with van der Waals surface area (Å²) in [5, 5.41) is 17.6. The fraction of sp³-hybridized carbons (Fsp3) is 0.211. The van der Waals surface area contributed by atoms with Crippen molar-refractivity contribution < 1.29 is 9.90 Å². The Labute approximate surface area is 144 Å². The van der Waals surface area contributed by atoms with Gasteiger partial charge in [-0.2, -0.15) is 5.10 Å². The summed E-state index contributed by atoms with van der Waals surface area (Å²) < 4.78 is 1.27. The molecule has 0 unspecified atom stereocenters.